The SMILES string of the molecule is c1ccc(-c2nc(-c3cc4c(cc3-n3c5cc6ccccc6cc5c5ccc6ccccc6c53)oc3ccccc34)nc(-c3cccc4c3oc3ccccc34)n2)cc1. The largest absolute Gasteiger partial charge is 0.456 e. The van der Waals surface area contributed by atoms with Crippen LogP contribution in [0.2, 0.25) is 0 Å². The van der Waals surface area contributed by atoms with Crippen LogP contribution < -0.4 is 0 Å². The topological polar surface area (TPSA) is 69.9 Å². The molecule has 0 unspecified atom stereocenters. The Hall–Kier alpha value is -8.09. The number of nitrogens with zero attached hydrogens (tertiary/aromatic N) is 4. The van der Waals surface area contributed by atoms with E-state index in [1.165, 1.54) is 5.39 Å². The molecule has 0 amide bonds. The van der Waals surface area contributed by atoms with Crippen LogP contribution in [0.3, 0.4) is 0 Å². The van der Waals surface area contributed by atoms with E-state index in [-0.39, 0.29) is 0 Å². The van der Waals surface area contributed by atoms with Crippen molar-refractivity contribution in [2.24, 2.45) is 0 Å². The summed E-state index contributed by atoms with van der Waals surface area (Å²) < 4.78 is 15.6. The molecule has 9 aromatic carbocycles. The lowest BCUT2D eigenvalue weighted by atomic mass is 10.0. The van der Waals surface area contributed by atoms with Gasteiger partial charge in [-0.2, -0.15) is 0 Å². The van der Waals surface area contributed by atoms with Gasteiger partial charge in [0.05, 0.1) is 22.3 Å². The number of hydrogen-bond acceptors (Lipinski definition) is 5. The average Bonchev–Trinajstić information content (AvgIpc) is 3.97. The summed E-state index contributed by atoms with van der Waals surface area (Å²) in [5.41, 5.74) is 8.78. The van der Waals surface area contributed by atoms with Gasteiger partial charge in [0.25, 0.3) is 0 Å². The van der Waals surface area contributed by atoms with Crippen LogP contribution in [-0.2, 0) is 0 Å². The molecular weight excluding hydrogens is 725 g/mol. The van der Waals surface area contributed by atoms with Crippen molar-refractivity contribution in [3.8, 4) is 39.9 Å². The Balaban J connectivity index is 1.19. The lowest BCUT2D eigenvalue weighted by Crippen LogP contribution is -2.04. The fraction of sp³-hybridized carbons (Fsp3) is 0. The van der Waals surface area contributed by atoms with Gasteiger partial charge in [-0.25, -0.2) is 15.0 Å². The molecular formula is C53H30N4O2. The number of aromatic nitrogens is 4. The molecule has 59 heavy (non-hydrogen) atoms. The van der Waals surface area contributed by atoms with Crippen molar-refractivity contribution in [2.45, 2.75) is 0 Å². The molecule has 6 heteroatoms. The third-order valence-electron chi connectivity index (χ3n) is 11.8. The van der Waals surface area contributed by atoms with Crippen LogP contribution >= 0.6 is 0 Å². The van der Waals surface area contributed by atoms with Gasteiger partial charge in [0, 0.05) is 54.9 Å². The maximum absolute atomic E-state index is 6.65. The quantitative estimate of drug-likeness (QED) is 0.179. The molecule has 6 nitrogen and oxygen atoms in total. The molecule has 4 aromatic heterocycles. The minimum Gasteiger partial charge on any atom is -0.456 e. The van der Waals surface area contributed by atoms with Crippen molar-refractivity contribution >= 4 is 87.2 Å². The predicted molar refractivity (Wildman–Crippen MR) is 240 cm³/mol. The monoisotopic (exact) mass is 754 g/mol. The number of hydrogen-bond donors (Lipinski definition) is 0. The van der Waals surface area contributed by atoms with E-state index in [4.69, 9.17) is 23.8 Å². The zero-order valence-corrected chi connectivity index (χ0v) is 31.4. The van der Waals surface area contributed by atoms with Gasteiger partial charge in [0.1, 0.15) is 22.3 Å². The smallest absolute Gasteiger partial charge is 0.167 e. The molecule has 0 aliphatic carbocycles. The maximum Gasteiger partial charge on any atom is 0.167 e. The summed E-state index contributed by atoms with van der Waals surface area (Å²) in [6.07, 6.45) is 0. The first-order chi connectivity index (χ1) is 29.2. The predicted octanol–water partition coefficient (Wildman–Crippen LogP) is 14.1. The molecule has 0 aliphatic rings. The van der Waals surface area contributed by atoms with Crippen molar-refractivity contribution in [1.29, 1.82) is 0 Å². The summed E-state index contributed by atoms with van der Waals surface area (Å²) >= 11 is 0. The highest BCUT2D eigenvalue weighted by Gasteiger charge is 2.24. The highest BCUT2D eigenvalue weighted by Crippen LogP contribution is 2.44. The molecule has 0 spiro atoms. The second-order valence-corrected chi connectivity index (χ2v) is 15.2. The number of benzene rings is 9. The van der Waals surface area contributed by atoms with Crippen molar-refractivity contribution in [2.75, 3.05) is 0 Å². The summed E-state index contributed by atoms with van der Waals surface area (Å²) in [4.78, 5) is 15.9. The molecule has 0 atom stereocenters. The standard InChI is InChI=1S/C53H30N4O2/c1-2-14-32(15-3-1)51-54-52(40-22-12-21-39-36-19-8-11-24-47(36)59-50(39)40)56-53(55-51)43-29-42-37-20-9-10-23-46(37)58-48(42)30-45(43)57-44-28-34-17-5-4-16-33(34)27-41(44)38-26-25-31-13-6-7-18-35(31)49(38)57/h1-30H. The van der Waals surface area contributed by atoms with Crippen molar-refractivity contribution < 1.29 is 8.83 Å². The second-order valence-electron chi connectivity index (χ2n) is 15.2. The summed E-state index contributed by atoms with van der Waals surface area (Å²) in [5.74, 6) is 1.64. The number of rotatable bonds is 4. The van der Waals surface area contributed by atoms with Crippen LogP contribution in [0, 0.1) is 0 Å². The minimum atomic E-state index is 0.528. The Morgan fingerprint density at radius 3 is 1.80 bits per heavy atom. The Bertz CT molecular complexity index is 3860. The average molecular weight is 755 g/mol. The van der Waals surface area contributed by atoms with Gasteiger partial charge in [-0.1, -0.05) is 140 Å². The first-order valence-corrected chi connectivity index (χ1v) is 19.8. The van der Waals surface area contributed by atoms with Crippen LogP contribution in [0.15, 0.2) is 191 Å². The zero-order chi connectivity index (χ0) is 38.6. The van der Waals surface area contributed by atoms with E-state index in [1.54, 1.807) is 0 Å². The maximum atomic E-state index is 6.65. The number of fused-ring (bicyclic) bond motifs is 12. The molecule has 4 heterocycles. The third-order valence-corrected chi connectivity index (χ3v) is 11.8. The van der Waals surface area contributed by atoms with Gasteiger partial charge in [-0.05, 0) is 52.6 Å². The lowest BCUT2D eigenvalue weighted by molar-refractivity contribution is 0.668. The summed E-state index contributed by atoms with van der Waals surface area (Å²) in [6, 6.07) is 63.3. The van der Waals surface area contributed by atoms with Gasteiger partial charge in [0.15, 0.2) is 17.5 Å². The summed E-state index contributed by atoms with van der Waals surface area (Å²) in [5, 5.41) is 11.1. The highest BCUT2D eigenvalue weighted by molar-refractivity contribution is 6.21. The third kappa shape index (κ3) is 4.77. The second kappa shape index (κ2) is 12.2. The number of furan rings is 2. The Labute approximate surface area is 336 Å². The van der Waals surface area contributed by atoms with Crippen molar-refractivity contribution in [3.63, 3.8) is 0 Å². The lowest BCUT2D eigenvalue weighted by Gasteiger charge is -2.16. The van der Waals surface area contributed by atoms with Crippen LogP contribution in [-0.4, -0.2) is 19.5 Å². The van der Waals surface area contributed by atoms with E-state index in [9.17, 15) is 0 Å². The van der Waals surface area contributed by atoms with Gasteiger partial charge < -0.3 is 13.4 Å². The van der Waals surface area contributed by atoms with E-state index in [1.807, 2.05) is 72.8 Å². The molecule has 0 saturated heterocycles. The van der Waals surface area contributed by atoms with Crippen LogP contribution in [0.4, 0.5) is 0 Å². The highest BCUT2D eigenvalue weighted by atomic mass is 16.3. The molecule has 274 valence electrons. The normalized spacial score (nSPS) is 12.1. The van der Waals surface area contributed by atoms with E-state index in [0.29, 0.717) is 17.5 Å². The molecule has 0 fully saturated rings. The Morgan fingerprint density at radius 1 is 0.356 bits per heavy atom. The summed E-state index contributed by atoms with van der Waals surface area (Å²) in [7, 11) is 0. The summed E-state index contributed by atoms with van der Waals surface area (Å²) in [6.45, 7) is 0. The van der Waals surface area contributed by atoms with Crippen LogP contribution in [0.25, 0.3) is 127 Å². The number of para-hydroxylation sites is 3. The molecule has 0 N–H and O–H groups in total. The fourth-order valence-corrected chi connectivity index (χ4v) is 9.09. The Kier molecular flexibility index (Phi) is 6.63. The van der Waals surface area contributed by atoms with E-state index in [0.717, 1.165) is 104 Å². The first-order valence-electron chi connectivity index (χ1n) is 19.8. The van der Waals surface area contributed by atoms with Gasteiger partial charge in [-0.15, -0.1) is 0 Å². The molecule has 0 bridgehead atoms. The van der Waals surface area contributed by atoms with E-state index < -0.39 is 0 Å². The van der Waals surface area contributed by atoms with Crippen molar-refractivity contribution in [1.82, 2.24) is 19.5 Å². The first kappa shape index (κ1) is 32.0. The fourth-order valence-electron chi connectivity index (χ4n) is 9.09. The van der Waals surface area contributed by atoms with Crippen LogP contribution in [0.1, 0.15) is 0 Å². The van der Waals surface area contributed by atoms with E-state index in [2.05, 4.69) is 114 Å². The molecule has 13 aromatic rings. The zero-order valence-electron chi connectivity index (χ0n) is 31.4. The molecule has 13 rings (SSSR count). The molecule has 0 saturated carbocycles. The van der Waals surface area contributed by atoms with Gasteiger partial charge in [0.2, 0.25) is 0 Å². The van der Waals surface area contributed by atoms with Crippen molar-refractivity contribution in [3.05, 3.63) is 182 Å². The molecule has 0 aliphatic heterocycles. The van der Waals surface area contributed by atoms with E-state index >= 15 is 0 Å². The van der Waals surface area contributed by atoms with Gasteiger partial charge >= 0.3 is 0 Å². The minimum absolute atomic E-state index is 0.528. The molecule has 0 radical (unpaired) electrons. The Morgan fingerprint density at radius 2 is 0.983 bits per heavy atom. The van der Waals surface area contributed by atoms with Crippen LogP contribution in [0.5, 0.6) is 0 Å². The van der Waals surface area contributed by atoms with Gasteiger partial charge in [-0.3, -0.25) is 0 Å².